The van der Waals surface area contributed by atoms with Gasteiger partial charge in [0.2, 0.25) is 0 Å². The summed E-state index contributed by atoms with van der Waals surface area (Å²) in [6.45, 7) is 4.02. The number of benzene rings is 2. The standard InChI is InChI=1S/C18H20N2O4Si/c1-14(2)13-23-17(21)19-20-18(22)24-25(15-9-5-3-6-10-15)16-11-7-4-8-12-16/h3-12,14,25H,13H2,1-2H3. The Labute approximate surface area is 148 Å². The topological polar surface area (TPSA) is 77.3 Å². The first-order chi connectivity index (χ1) is 12.1. The summed E-state index contributed by atoms with van der Waals surface area (Å²) in [5.74, 6) is 0.180. The molecule has 6 nitrogen and oxygen atoms in total. The van der Waals surface area contributed by atoms with E-state index in [2.05, 4.69) is 10.2 Å². The largest absolute Gasteiger partial charge is 0.495 e. The zero-order valence-corrected chi connectivity index (χ0v) is 15.3. The van der Waals surface area contributed by atoms with E-state index in [1.807, 2.05) is 74.5 Å². The second-order valence-electron chi connectivity index (χ2n) is 5.76. The molecule has 0 spiro atoms. The van der Waals surface area contributed by atoms with Gasteiger partial charge in [0.1, 0.15) is 0 Å². The van der Waals surface area contributed by atoms with Crippen molar-refractivity contribution in [2.75, 3.05) is 6.61 Å². The Balaban J connectivity index is 2.07. The second kappa shape index (κ2) is 9.48. The summed E-state index contributed by atoms with van der Waals surface area (Å²) < 4.78 is 10.4. The lowest BCUT2D eigenvalue weighted by Crippen LogP contribution is -2.45. The Morgan fingerprint density at radius 1 is 0.880 bits per heavy atom. The van der Waals surface area contributed by atoms with Crippen molar-refractivity contribution >= 4 is 31.6 Å². The minimum absolute atomic E-state index is 0.180. The molecule has 7 heteroatoms. The summed E-state index contributed by atoms with van der Waals surface area (Å²) in [4.78, 5) is 23.4. The van der Waals surface area contributed by atoms with Gasteiger partial charge in [-0.3, -0.25) is 0 Å². The van der Waals surface area contributed by atoms with Crippen LogP contribution in [0.4, 0.5) is 9.59 Å². The van der Waals surface area contributed by atoms with E-state index in [-0.39, 0.29) is 12.5 Å². The molecule has 25 heavy (non-hydrogen) atoms. The highest BCUT2D eigenvalue weighted by molar-refractivity contribution is 6.81. The third kappa shape index (κ3) is 6.31. The smallest absolute Gasteiger partial charge is 0.452 e. The first kappa shape index (κ1) is 18.5. The maximum Gasteiger partial charge on any atom is 0.452 e. The molecule has 0 aliphatic rings. The highest BCUT2D eigenvalue weighted by Gasteiger charge is 2.22. The van der Waals surface area contributed by atoms with E-state index < -0.39 is 21.2 Å². The number of hydrogen-bond acceptors (Lipinski definition) is 4. The molecule has 0 aliphatic carbocycles. The molecule has 0 aromatic heterocycles. The number of ether oxygens (including phenoxy) is 1. The van der Waals surface area contributed by atoms with Gasteiger partial charge in [-0.1, -0.05) is 84.7 Å². The Morgan fingerprint density at radius 3 is 1.84 bits per heavy atom. The number of azo groups is 1. The Bertz CT molecular complexity index is 681. The average molecular weight is 356 g/mol. The summed E-state index contributed by atoms with van der Waals surface area (Å²) in [6, 6.07) is 19.0. The quantitative estimate of drug-likeness (QED) is 0.610. The van der Waals surface area contributed by atoms with Gasteiger partial charge in [0.05, 0.1) is 6.61 Å². The summed E-state index contributed by atoms with van der Waals surface area (Å²) in [5, 5.41) is 8.43. The van der Waals surface area contributed by atoms with Gasteiger partial charge in [-0.15, -0.1) is 0 Å². The zero-order chi connectivity index (χ0) is 18.1. The number of hydrogen-bond donors (Lipinski definition) is 0. The summed E-state index contributed by atoms with van der Waals surface area (Å²) in [7, 11) is -2.26. The molecule has 0 atom stereocenters. The van der Waals surface area contributed by atoms with E-state index in [0.29, 0.717) is 0 Å². The van der Waals surface area contributed by atoms with Crippen molar-refractivity contribution in [3.05, 3.63) is 60.7 Å². The van der Waals surface area contributed by atoms with Crippen LogP contribution in [0.5, 0.6) is 0 Å². The fourth-order valence-electron chi connectivity index (χ4n) is 2.06. The van der Waals surface area contributed by atoms with E-state index in [0.717, 1.165) is 10.4 Å². The van der Waals surface area contributed by atoms with Crippen LogP contribution in [0.1, 0.15) is 13.8 Å². The van der Waals surface area contributed by atoms with Gasteiger partial charge >= 0.3 is 21.2 Å². The van der Waals surface area contributed by atoms with Crippen LogP contribution in [0.25, 0.3) is 0 Å². The first-order valence-electron chi connectivity index (χ1n) is 7.95. The number of carbonyl (C=O) groups is 2. The number of rotatable bonds is 5. The maximum atomic E-state index is 12.0. The lowest BCUT2D eigenvalue weighted by Gasteiger charge is -2.15. The van der Waals surface area contributed by atoms with Crippen molar-refractivity contribution < 1.29 is 18.8 Å². The Kier molecular flexibility index (Phi) is 7.03. The minimum Gasteiger partial charge on any atom is -0.495 e. The summed E-state index contributed by atoms with van der Waals surface area (Å²) >= 11 is 0. The molecule has 0 heterocycles. The van der Waals surface area contributed by atoms with Crippen LogP contribution < -0.4 is 10.4 Å². The molecular formula is C18H20N2O4Si. The first-order valence-corrected chi connectivity index (χ1v) is 9.58. The molecule has 0 radical (unpaired) electrons. The van der Waals surface area contributed by atoms with Gasteiger partial charge in [0.15, 0.2) is 0 Å². The molecule has 0 aliphatic heterocycles. The van der Waals surface area contributed by atoms with E-state index >= 15 is 0 Å². The average Bonchev–Trinajstić information content (AvgIpc) is 2.64. The van der Waals surface area contributed by atoms with Crippen molar-refractivity contribution in [1.82, 2.24) is 0 Å². The normalized spacial score (nSPS) is 11.0. The monoisotopic (exact) mass is 356 g/mol. The van der Waals surface area contributed by atoms with Crippen molar-refractivity contribution in [2.24, 2.45) is 16.1 Å². The molecule has 0 N–H and O–H groups in total. The highest BCUT2D eigenvalue weighted by Crippen LogP contribution is 1.99. The van der Waals surface area contributed by atoms with Crippen LogP contribution in [-0.2, 0) is 9.16 Å². The van der Waals surface area contributed by atoms with E-state index in [9.17, 15) is 9.59 Å². The number of amides is 2. The lowest BCUT2D eigenvalue weighted by molar-refractivity contribution is 0.141. The number of carbonyl (C=O) groups excluding carboxylic acids is 2. The predicted octanol–water partition coefficient (Wildman–Crippen LogP) is 2.91. The van der Waals surface area contributed by atoms with Crippen molar-refractivity contribution in [3.63, 3.8) is 0 Å². The molecule has 130 valence electrons. The molecule has 2 rings (SSSR count). The molecule has 2 aromatic carbocycles. The van der Waals surface area contributed by atoms with E-state index in [1.165, 1.54) is 0 Å². The van der Waals surface area contributed by atoms with E-state index in [4.69, 9.17) is 9.16 Å². The van der Waals surface area contributed by atoms with Gasteiger partial charge in [-0.25, -0.2) is 9.59 Å². The summed E-state index contributed by atoms with van der Waals surface area (Å²) in [6.07, 6.45) is -1.80. The number of nitrogens with zero attached hydrogens (tertiary/aromatic N) is 2. The third-order valence-corrected chi connectivity index (χ3v) is 5.59. The molecule has 0 fully saturated rings. The van der Waals surface area contributed by atoms with Gasteiger partial charge in [0.25, 0.3) is 0 Å². The molecule has 0 unspecified atom stereocenters. The Hall–Kier alpha value is -2.80. The van der Waals surface area contributed by atoms with Crippen LogP contribution in [0.2, 0.25) is 0 Å². The van der Waals surface area contributed by atoms with Crippen LogP contribution in [0.15, 0.2) is 70.9 Å². The highest BCUT2D eigenvalue weighted by atomic mass is 28.3. The molecular weight excluding hydrogens is 336 g/mol. The van der Waals surface area contributed by atoms with E-state index in [1.54, 1.807) is 0 Å². The van der Waals surface area contributed by atoms with Crippen molar-refractivity contribution in [2.45, 2.75) is 13.8 Å². The molecule has 0 bridgehead atoms. The van der Waals surface area contributed by atoms with Crippen molar-refractivity contribution in [1.29, 1.82) is 0 Å². The maximum absolute atomic E-state index is 12.0. The fourth-order valence-corrected chi connectivity index (χ4v) is 4.11. The summed E-state index contributed by atoms with van der Waals surface area (Å²) in [5.41, 5.74) is 0. The van der Waals surface area contributed by atoms with Gasteiger partial charge < -0.3 is 9.16 Å². The van der Waals surface area contributed by atoms with Gasteiger partial charge in [0, 0.05) is 0 Å². The molecule has 2 aromatic rings. The Morgan fingerprint density at radius 2 is 1.36 bits per heavy atom. The lowest BCUT2D eigenvalue weighted by atomic mass is 10.2. The minimum atomic E-state index is -2.26. The third-order valence-electron chi connectivity index (χ3n) is 3.18. The van der Waals surface area contributed by atoms with Crippen molar-refractivity contribution in [3.8, 4) is 0 Å². The van der Waals surface area contributed by atoms with Gasteiger partial charge in [-0.05, 0) is 16.3 Å². The second-order valence-corrected chi connectivity index (χ2v) is 8.09. The van der Waals surface area contributed by atoms with Crippen LogP contribution >= 0.6 is 0 Å². The SMILES string of the molecule is CC(C)COC(=O)N=NC(=O)O[SiH](c1ccccc1)c1ccccc1. The molecule has 0 saturated heterocycles. The van der Waals surface area contributed by atoms with Gasteiger partial charge in [-0.2, -0.15) is 0 Å². The van der Waals surface area contributed by atoms with Crippen LogP contribution in [-0.4, -0.2) is 27.8 Å². The predicted molar refractivity (Wildman–Crippen MR) is 96.8 cm³/mol. The van der Waals surface area contributed by atoms with Crippen LogP contribution in [0.3, 0.4) is 0 Å². The molecule has 0 saturated carbocycles. The zero-order valence-electron chi connectivity index (χ0n) is 14.2. The molecule has 2 amide bonds. The van der Waals surface area contributed by atoms with Crippen LogP contribution in [0, 0.1) is 5.92 Å². The fraction of sp³-hybridized carbons (Fsp3) is 0.222.